The summed E-state index contributed by atoms with van der Waals surface area (Å²) in [4.78, 5) is -1.02. The average Bonchev–Trinajstić information content (AvgIpc) is 2.93. The molecule has 1 N–H and O–H groups in total. The highest BCUT2D eigenvalue weighted by Crippen LogP contribution is 2.51. The first kappa shape index (κ1) is 27.0. The Morgan fingerprint density at radius 1 is 0.676 bits per heavy atom. The second-order valence-electron chi connectivity index (χ2n) is 8.45. The molecule has 0 spiro atoms. The van der Waals surface area contributed by atoms with Gasteiger partial charge in [-0.3, -0.25) is 0 Å². The van der Waals surface area contributed by atoms with E-state index in [0.29, 0.717) is 5.56 Å². The second kappa shape index (κ2) is 10.8. The smallest absolute Gasteiger partial charge is 0.324 e. The predicted molar refractivity (Wildman–Crippen MR) is 141 cm³/mol. The number of benzene rings is 4. The van der Waals surface area contributed by atoms with Crippen LogP contribution >= 0.6 is 11.6 Å². The van der Waals surface area contributed by atoms with E-state index in [4.69, 9.17) is 11.6 Å². The van der Waals surface area contributed by atoms with Gasteiger partial charge in [0.05, 0.1) is 21.8 Å². The maximum atomic E-state index is 17.8. The first-order valence-electron chi connectivity index (χ1n) is 11.4. The molecule has 0 aromatic heterocycles. The minimum atomic E-state index is -5.22. The lowest BCUT2D eigenvalue weighted by Gasteiger charge is -2.35. The molecule has 0 aliphatic heterocycles. The maximum absolute atomic E-state index is 17.8. The van der Waals surface area contributed by atoms with Gasteiger partial charge in [0.15, 0.2) is 0 Å². The first-order valence-corrected chi connectivity index (χ1v) is 14.7. The molecule has 2 atom stereocenters. The topological polar surface area (TPSA) is 88.5 Å². The Morgan fingerprint density at radius 3 is 1.54 bits per heavy atom. The van der Waals surface area contributed by atoms with Crippen LogP contribution in [0.5, 0.6) is 0 Å². The van der Waals surface area contributed by atoms with Crippen LogP contribution in [0.1, 0.15) is 29.6 Å². The highest BCUT2D eigenvalue weighted by atomic mass is 35.5. The molecule has 5 nitrogen and oxygen atoms in total. The van der Waals surface area contributed by atoms with Gasteiger partial charge in [0.25, 0.3) is 0 Å². The Hall–Kier alpha value is -3.04. The van der Waals surface area contributed by atoms with E-state index >= 15 is 4.39 Å². The molecule has 0 aliphatic carbocycles. The molecule has 37 heavy (non-hydrogen) atoms. The number of alkyl halides is 1. The molecule has 0 saturated heterocycles. The quantitative estimate of drug-likeness (QED) is 0.267. The van der Waals surface area contributed by atoms with E-state index in [1.807, 2.05) is 0 Å². The molecular formula is C28H24ClFO5S2. The van der Waals surface area contributed by atoms with Crippen LogP contribution in [-0.2, 0) is 19.7 Å². The van der Waals surface area contributed by atoms with Gasteiger partial charge in [-0.2, -0.15) is 0 Å². The van der Waals surface area contributed by atoms with Crippen molar-refractivity contribution < 1.29 is 26.3 Å². The van der Waals surface area contributed by atoms with E-state index in [-0.39, 0.29) is 10.6 Å². The monoisotopic (exact) mass is 558 g/mol. The zero-order valence-electron chi connectivity index (χ0n) is 19.5. The summed E-state index contributed by atoms with van der Waals surface area (Å²) in [6.45, 7) is 0. The molecule has 0 fully saturated rings. The fraction of sp³-hybridized carbons (Fsp3) is 0.143. The highest BCUT2D eigenvalue weighted by Gasteiger charge is 2.63. The Labute approximate surface area is 221 Å². The van der Waals surface area contributed by atoms with Crippen LogP contribution in [0.2, 0.25) is 5.02 Å². The van der Waals surface area contributed by atoms with Gasteiger partial charge >= 0.3 is 4.33 Å². The fourth-order valence-electron chi connectivity index (χ4n) is 4.29. The Bertz CT molecular complexity index is 1490. The van der Waals surface area contributed by atoms with Gasteiger partial charge in [-0.05, 0) is 47.9 Å². The van der Waals surface area contributed by atoms with E-state index in [2.05, 4.69) is 0 Å². The van der Waals surface area contributed by atoms with Crippen molar-refractivity contribution in [1.82, 2.24) is 0 Å². The SMILES string of the molecule is O=S(=O)(c1ccccc1)C(F)(C(CC(O)c1ccccc1)c1ccccc1Cl)S(=O)(=O)c1ccccc1. The molecule has 192 valence electrons. The zero-order valence-corrected chi connectivity index (χ0v) is 21.9. The fourth-order valence-corrected chi connectivity index (χ4v) is 9.15. The van der Waals surface area contributed by atoms with Gasteiger partial charge in [0.1, 0.15) is 0 Å². The van der Waals surface area contributed by atoms with E-state index in [9.17, 15) is 21.9 Å². The first-order chi connectivity index (χ1) is 17.6. The summed E-state index contributed by atoms with van der Waals surface area (Å²) in [7, 11) is -10.4. The number of hydrogen-bond donors (Lipinski definition) is 1. The van der Waals surface area contributed by atoms with Crippen molar-refractivity contribution in [2.45, 2.75) is 32.6 Å². The maximum Gasteiger partial charge on any atom is 0.324 e. The van der Waals surface area contributed by atoms with Crippen LogP contribution in [0.3, 0.4) is 0 Å². The molecule has 0 heterocycles. The summed E-state index contributed by atoms with van der Waals surface area (Å²) in [6, 6.07) is 27.2. The number of halogens is 2. The molecule has 0 aliphatic rings. The van der Waals surface area contributed by atoms with Crippen molar-refractivity contribution in [3.8, 4) is 0 Å². The molecule has 4 rings (SSSR count). The minimum absolute atomic E-state index is 0.0266. The lowest BCUT2D eigenvalue weighted by molar-refractivity contribution is 0.140. The Morgan fingerprint density at radius 2 is 1.08 bits per heavy atom. The van der Waals surface area contributed by atoms with Crippen molar-refractivity contribution in [1.29, 1.82) is 0 Å². The summed E-state index contributed by atoms with van der Waals surface area (Å²) in [6.07, 6.45) is -1.97. The number of sulfone groups is 2. The van der Waals surface area contributed by atoms with Crippen molar-refractivity contribution in [2.24, 2.45) is 0 Å². The van der Waals surface area contributed by atoms with Crippen LogP contribution in [0.15, 0.2) is 125 Å². The Balaban J connectivity index is 2.04. The average molecular weight is 559 g/mol. The minimum Gasteiger partial charge on any atom is -0.388 e. The van der Waals surface area contributed by atoms with E-state index in [1.54, 1.807) is 36.4 Å². The van der Waals surface area contributed by atoms with Gasteiger partial charge in [0, 0.05) is 5.02 Å². The van der Waals surface area contributed by atoms with Gasteiger partial charge in [0.2, 0.25) is 19.7 Å². The molecule has 2 unspecified atom stereocenters. The van der Waals surface area contributed by atoms with Crippen molar-refractivity contribution in [3.63, 3.8) is 0 Å². The molecule has 4 aromatic rings. The second-order valence-corrected chi connectivity index (χ2v) is 13.3. The zero-order chi connectivity index (χ0) is 26.7. The molecular weight excluding hydrogens is 535 g/mol. The van der Waals surface area contributed by atoms with Crippen LogP contribution in [0.25, 0.3) is 0 Å². The third kappa shape index (κ3) is 4.94. The molecule has 0 saturated carbocycles. The lowest BCUT2D eigenvalue weighted by atomic mass is 9.91. The van der Waals surface area contributed by atoms with Crippen LogP contribution < -0.4 is 0 Å². The highest BCUT2D eigenvalue weighted by molar-refractivity contribution is 8.10. The number of aliphatic hydroxyl groups excluding tert-OH is 1. The largest absolute Gasteiger partial charge is 0.388 e. The lowest BCUT2D eigenvalue weighted by Crippen LogP contribution is -2.48. The Kier molecular flexibility index (Phi) is 7.85. The van der Waals surface area contributed by atoms with Gasteiger partial charge < -0.3 is 5.11 Å². The van der Waals surface area contributed by atoms with Crippen LogP contribution in [-0.4, -0.2) is 26.3 Å². The van der Waals surface area contributed by atoms with E-state index < -0.39 is 52.2 Å². The molecule has 4 aromatic carbocycles. The van der Waals surface area contributed by atoms with Crippen LogP contribution in [0, 0.1) is 0 Å². The number of hydrogen-bond acceptors (Lipinski definition) is 5. The molecule has 9 heteroatoms. The van der Waals surface area contributed by atoms with Crippen molar-refractivity contribution >= 4 is 31.3 Å². The summed E-state index contributed by atoms with van der Waals surface area (Å²) in [5, 5.41) is 11.1. The summed E-state index contributed by atoms with van der Waals surface area (Å²) in [5.41, 5.74) is 0.316. The van der Waals surface area contributed by atoms with E-state index in [1.165, 1.54) is 54.6 Å². The van der Waals surface area contributed by atoms with Gasteiger partial charge in [-0.1, -0.05) is 96.5 Å². The predicted octanol–water partition coefficient (Wildman–Crippen LogP) is 6.12. The number of aliphatic hydroxyl groups is 1. The van der Waals surface area contributed by atoms with Gasteiger partial charge in [-0.15, -0.1) is 0 Å². The molecule has 0 amide bonds. The molecule has 0 radical (unpaired) electrons. The van der Waals surface area contributed by atoms with Crippen molar-refractivity contribution in [2.75, 3.05) is 0 Å². The summed E-state index contributed by atoms with van der Waals surface area (Å²) < 4.78 is 70.0. The standard InChI is InChI=1S/C28H24ClFO5S2/c29-26-19-11-10-18-24(26)25(20-27(31)21-12-4-1-5-13-21)28(30,36(32,33)22-14-6-2-7-15-22)37(34,35)23-16-8-3-9-17-23/h1-19,25,27,31H,20H2. The van der Waals surface area contributed by atoms with Crippen LogP contribution in [0.4, 0.5) is 4.39 Å². The van der Waals surface area contributed by atoms with E-state index in [0.717, 1.165) is 24.3 Å². The number of rotatable bonds is 9. The normalized spacial score (nSPS) is 14.1. The summed E-state index contributed by atoms with van der Waals surface area (Å²) in [5.74, 6) is -1.90. The summed E-state index contributed by atoms with van der Waals surface area (Å²) >= 11 is 6.41. The van der Waals surface area contributed by atoms with Gasteiger partial charge in [-0.25, -0.2) is 21.2 Å². The molecule has 0 bridgehead atoms. The van der Waals surface area contributed by atoms with Crippen molar-refractivity contribution in [3.05, 3.63) is 131 Å². The third-order valence-electron chi connectivity index (χ3n) is 6.18. The third-order valence-corrected chi connectivity index (χ3v) is 11.7.